The van der Waals surface area contributed by atoms with Crippen LogP contribution in [-0.4, -0.2) is 30.7 Å². The molecule has 0 saturated carbocycles. The first kappa shape index (κ1) is 12.6. The van der Waals surface area contributed by atoms with Gasteiger partial charge in [-0.1, -0.05) is 6.92 Å². The van der Waals surface area contributed by atoms with Crippen LogP contribution in [0.2, 0.25) is 0 Å². The Kier molecular flexibility index (Phi) is 6.36. The summed E-state index contributed by atoms with van der Waals surface area (Å²) in [5.74, 6) is -0.504. The normalized spacial score (nSPS) is 11.6. The molecule has 0 aliphatic heterocycles. The maximum Gasteiger partial charge on any atom is 0.239 e. The van der Waals surface area contributed by atoms with Crippen molar-refractivity contribution in [2.45, 2.75) is 32.7 Å². The highest BCUT2D eigenvalue weighted by Gasteiger charge is 2.06. The van der Waals surface area contributed by atoms with Crippen LogP contribution in [0, 0.1) is 0 Å². The summed E-state index contributed by atoms with van der Waals surface area (Å²) in [6.07, 6.45) is 1.79. The van der Waals surface area contributed by atoms with Gasteiger partial charge in [-0.15, -0.1) is 0 Å². The van der Waals surface area contributed by atoms with Crippen molar-refractivity contribution in [3.63, 3.8) is 0 Å². The third-order valence-corrected chi connectivity index (χ3v) is 1.52. The maximum atomic E-state index is 11.0. The molecular weight excluding hydrogens is 184 g/mol. The molecule has 0 saturated heterocycles. The van der Waals surface area contributed by atoms with Gasteiger partial charge < -0.3 is 15.4 Å². The summed E-state index contributed by atoms with van der Waals surface area (Å²) in [4.78, 5) is 32.2. The van der Waals surface area contributed by atoms with Gasteiger partial charge >= 0.3 is 0 Å². The average Bonchev–Trinajstić information content (AvgIpc) is 2.15. The van der Waals surface area contributed by atoms with E-state index in [4.69, 9.17) is 0 Å². The summed E-state index contributed by atoms with van der Waals surface area (Å²) in [6.45, 7) is 3.38. The van der Waals surface area contributed by atoms with Crippen LogP contribution < -0.4 is 10.6 Å². The molecule has 0 bridgehead atoms. The van der Waals surface area contributed by atoms with Crippen molar-refractivity contribution >= 4 is 18.1 Å². The molecule has 0 unspecified atom stereocenters. The number of carbonyl (C=O) groups excluding carboxylic acids is 3. The number of carbonyl (C=O) groups is 3. The zero-order valence-corrected chi connectivity index (χ0v) is 8.50. The van der Waals surface area contributed by atoms with Crippen LogP contribution in [0.3, 0.4) is 0 Å². The second-order valence-electron chi connectivity index (χ2n) is 3.02. The summed E-state index contributed by atoms with van der Waals surface area (Å²) in [5.41, 5.74) is 0. The fourth-order valence-electron chi connectivity index (χ4n) is 0.833. The number of hydrogen-bond donors (Lipinski definition) is 2. The number of rotatable bonds is 6. The van der Waals surface area contributed by atoms with E-state index in [9.17, 15) is 14.4 Å². The molecule has 0 heterocycles. The van der Waals surface area contributed by atoms with E-state index in [-0.39, 0.29) is 18.4 Å². The highest BCUT2D eigenvalue weighted by atomic mass is 16.2. The lowest BCUT2D eigenvalue weighted by Crippen LogP contribution is -2.41. The Balaban J connectivity index is 3.63. The van der Waals surface area contributed by atoms with Gasteiger partial charge in [-0.05, 0) is 13.3 Å². The minimum Gasteiger partial charge on any atom is -0.347 e. The van der Waals surface area contributed by atoms with E-state index < -0.39 is 6.04 Å². The van der Waals surface area contributed by atoms with E-state index in [0.717, 1.165) is 6.42 Å². The van der Waals surface area contributed by atoms with Gasteiger partial charge in [0.15, 0.2) is 0 Å². The molecule has 2 N–H and O–H groups in total. The van der Waals surface area contributed by atoms with Crippen molar-refractivity contribution in [3.8, 4) is 0 Å². The van der Waals surface area contributed by atoms with Crippen molar-refractivity contribution in [3.05, 3.63) is 0 Å². The second kappa shape index (κ2) is 7.06. The van der Waals surface area contributed by atoms with E-state index in [1.165, 1.54) is 0 Å². The van der Waals surface area contributed by atoms with E-state index in [1.807, 2.05) is 6.92 Å². The highest BCUT2D eigenvalue weighted by Crippen LogP contribution is 1.84. The maximum absolute atomic E-state index is 11.0. The lowest BCUT2D eigenvalue weighted by atomic mass is 10.3. The summed E-state index contributed by atoms with van der Waals surface area (Å²) in [5, 5.41) is 4.85. The van der Waals surface area contributed by atoms with Gasteiger partial charge in [-0.2, -0.15) is 0 Å². The Bertz CT molecular complexity index is 216. The SMILES string of the molecule is CCCC(=O)NCC(=O)N[C@@H](C)C=O. The Hall–Kier alpha value is -1.39. The molecule has 0 aromatic rings. The minimum absolute atomic E-state index is 0.0724. The summed E-state index contributed by atoms with van der Waals surface area (Å²) in [7, 11) is 0. The zero-order valence-electron chi connectivity index (χ0n) is 8.50. The number of aldehydes is 1. The van der Waals surface area contributed by atoms with Crippen LogP contribution in [0.15, 0.2) is 0 Å². The standard InChI is InChI=1S/C9H16N2O3/c1-3-4-8(13)10-5-9(14)11-7(2)6-12/h6-7H,3-5H2,1-2H3,(H,10,13)(H,11,14)/t7-/m0/s1. The van der Waals surface area contributed by atoms with Gasteiger partial charge in [0.2, 0.25) is 11.8 Å². The first-order chi connectivity index (χ1) is 6.60. The molecule has 80 valence electrons. The Morgan fingerprint density at radius 2 is 2.00 bits per heavy atom. The first-order valence-electron chi connectivity index (χ1n) is 4.61. The monoisotopic (exact) mass is 200 g/mol. The van der Waals surface area contributed by atoms with Crippen LogP contribution in [0.25, 0.3) is 0 Å². The third kappa shape index (κ3) is 6.16. The molecule has 5 nitrogen and oxygen atoms in total. The van der Waals surface area contributed by atoms with Crippen LogP contribution in [0.5, 0.6) is 0 Å². The molecule has 0 radical (unpaired) electrons. The molecule has 14 heavy (non-hydrogen) atoms. The van der Waals surface area contributed by atoms with Crippen molar-refractivity contribution in [2.24, 2.45) is 0 Å². The lowest BCUT2D eigenvalue weighted by Gasteiger charge is -2.07. The van der Waals surface area contributed by atoms with Gasteiger partial charge in [-0.3, -0.25) is 9.59 Å². The topological polar surface area (TPSA) is 75.3 Å². The van der Waals surface area contributed by atoms with Crippen molar-refractivity contribution in [1.82, 2.24) is 10.6 Å². The molecule has 0 fully saturated rings. The van der Waals surface area contributed by atoms with Crippen LogP contribution in [0.1, 0.15) is 26.7 Å². The zero-order chi connectivity index (χ0) is 11.0. The van der Waals surface area contributed by atoms with Crippen molar-refractivity contribution < 1.29 is 14.4 Å². The molecule has 0 aliphatic carbocycles. The smallest absolute Gasteiger partial charge is 0.239 e. The highest BCUT2D eigenvalue weighted by molar-refractivity contribution is 5.86. The predicted octanol–water partition coefficient (Wildman–Crippen LogP) is -0.394. The third-order valence-electron chi connectivity index (χ3n) is 1.52. The van der Waals surface area contributed by atoms with Crippen molar-refractivity contribution in [2.75, 3.05) is 6.54 Å². The summed E-state index contributed by atoms with van der Waals surface area (Å²) in [6, 6.07) is -0.509. The van der Waals surface area contributed by atoms with Gasteiger partial charge in [0.05, 0.1) is 12.6 Å². The van der Waals surface area contributed by atoms with Gasteiger partial charge in [0.25, 0.3) is 0 Å². The van der Waals surface area contributed by atoms with E-state index in [1.54, 1.807) is 6.92 Å². The molecule has 0 aromatic carbocycles. The predicted molar refractivity (Wildman–Crippen MR) is 51.6 cm³/mol. The molecule has 5 heteroatoms. The average molecular weight is 200 g/mol. The number of hydrogen-bond acceptors (Lipinski definition) is 3. The Morgan fingerprint density at radius 1 is 1.36 bits per heavy atom. The van der Waals surface area contributed by atoms with Gasteiger partial charge in [0.1, 0.15) is 6.29 Å². The largest absolute Gasteiger partial charge is 0.347 e. The first-order valence-corrected chi connectivity index (χ1v) is 4.61. The number of nitrogens with one attached hydrogen (secondary N) is 2. The fraction of sp³-hybridized carbons (Fsp3) is 0.667. The summed E-state index contributed by atoms with van der Waals surface area (Å²) >= 11 is 0. The van der Waals surface area contributed by atoms with Crippen molar-refractivity contribution in [1.29, 1.82) is 0 Å². The van der Waals surface area contributed by atoms with Crippen LogP contribution in [0.4, 0.5) is 0 Å². The molecule has 0 aromatic heterocycles. The minimum atomic E-state index is -0.509. The van der Waals surface area contributed by atoms with Gasteiger partial charge in [0, 0.05) is 6.42 Å². The second-order valence-corrected chi connectivity index (χ2v) is 3.02. The van der Waals surface area contributed by atoms with Crippen LogP contribution >= 0.6 is 0 Å². The quantitative estimate of drug-likeness (QED) is 0.573. The molecule has 0 rings (SSSR count). The lowest BCUT2D eigenvalue weighted by molar-refractivity contribution is -0.127. The fourth-order valence-corrected chi connectivity index (χ4v) is 0.833. The molecule has 1 atom stereocenters. The molecule has 0 spiro atoms. The molecular formula is C9H16N2O3. The molecule has 0 aliphatic rings. The Morgan fingerprint density at radius 3 is 2.50 bits per heavy atom. The number of amides is 2. The van der Waals surface area contributed by atoms with Gasteiger partial charge in [-0.25, -0.2) is 0 Å². The van der Waals surface area contributed by atoms with Crippen LogP contribution in [-0.2, 0) is 14.4 Å². The van der Waals surface area contributed by atoms with E-state index in [2.05, 4.69) is 10.6 Å². The molecule has 2 amide bonds. The van der Waals surface area contributed by atoms with E-state index in [0.29, 0.717) is 12.7 Å². The van der Waals surface area contributed by atoms with E-state index >= 15 is 0 Å². The Labute approximate surface area is 83.2 Å². The summed E-state index contributed by atoms with van der Waals surface area (Å²) < 4.78 is 0.